The van der Waals surface area contributed by atoms with E-state index in [0.29, 0.717) is 24.4 Å². The molecule has 1 atom stereocenters. The molecule has 0 aliphatic heterocycles. The molecule has 0 N–H and O–H groups in total. The van der Waals surface area contributed by atoms with Crippen molar-refractivity contribution in [3.05, 3.63) is 42.2 Å². The number of carbonyl (C=O) groups excluding carboxylic acids is 1. The van der Waals surface area contributed by atoms with Crippen LogP contribution in [0.4, 0.5) is 0 Å². The van der Waals surface area contributed by atoms with E-state index in [1.54, 1.807) is 19.2 Å². The summed E-state index contributed by atoms with van der Waals surface area (Å²) in [6.45, 7) is 2.49. The highest BCUT2D eigenvalue weighted by molar-refractivity contribution is 5.72. The third-order valence-corrected chi connectivity index (χ3v) is 2.62. The Morgan fingerprint density at radius 1 is 1.21 bits per heavy atom. The first-order chi connectivity index (χ1) is 9.22. The van der Waals surface area contributed by atoms with Crippen molar-refractivity contribution in [3.63, 3.8) is 0 Å². The number of carbonyl (C=O) groups is 1. The minimum absolute atomic E-state index is 0.00105. The van der Waals surface area contributed by atoms with E-state index in [1.807, 2.05) is 31.2 Å². The molecule has 100 valence electrons. The van der Waals surface area contributed by atoms with Crippen LogP contribution in [-0.4, -0.2) is 26.1 Å². The molecule has 1 aromatic carbocycles. The lowest BCUT2D eigenvalue weighted by Crippen LogP contribution is -2.17. The van der Waals surface area contributed by atoms with Gasteiger partial charge in [-0.05, 0) is 43.3 Å². The lowest BCUT2D eigenvalue weighted by Gasteiger charge is -2.13. The van der Waals surface area contributed by atoms with Gasteiger partial charge in [-0.3, -0.25) is 4.79 Å². The molecular formula is C15H16O4. The highest BCUT2D eigenvalue weighted by Crippen LogP contribution is 2.24. The number of aldehydes is 1. The van der Waals surface area contributed by atoms with Crippen LogP contribution in [0.25, 0.3) is 11.3 Å². The number of hydrogen-bond donors (Lipinski definition) is 0. The van der Waals surface area contributed by atoms with Crippen molar-refractivity contribution in [2.45, 2.75) is 13.0 Å². The first-order valence-electron chi connectivity index (χ1n) is 6.04. The van der Waals surface area contributed by atoms with E-state index in [9.17, 15) is 4.79 Å². The molecule has 0 bridgehead atoms. The number of hydrogen-bond acceptors (Lipinski definition) is 4. The van der Waals surface area contributed by atoms with Gasteiger partial charge >= 0.3 is 0 Å². The predicted octanol–water partition coefficient (Wildman–Crippen LogP) is 3.17. The van der Waals surface area contributed by atoms with Crippen molar-refractivity contribution in [1.82, 2.24) is 0 Å². The maximum Gasteiger partial charge on any atom is 0.185 e. The van der Waals surface area contributed by atoms with Gasteiger partial charge in [0.15, 0.2) is 12.0 Å². The fourth-order valence-electron chi connectivity index (χ4n) is 1.77. The number of rotatable bonds is 6. The van der Waals surface area contributed by atoms with Crippen LogP contribution < -0.4 is 4.74 Å². The van der Waals surface area contributed by atoms with Gasteiger partial charge in [-0.1, -0.05) is 0 Å². The summed E-state index contributed by atoms with van der Waals surface area (Å²) in [4.78, 5) is 10.6. The average molecular weight is 260 g/mol. The fourth-order valence-corrected chi connectivity index (χ4v) is 1.77. The molecule has 0 aliphatic rings. The van der Waals surface area contributed by atoms with Gasteiger partial charge in [0, 0.05) is 12.7 Å². The number of furan rings is 1. The molecule has 0 fully saturated rings. The molecule has 4 heteroatoms. The molecule has 0 saturated heterocycles. The first-order valence-corrected chi connectivity index (χ1v) is 6.04. The van der Waals surface area contributed by atoms with E-state index >= 15 is 0 Å². The smallest absolute Gasteiger partial charge is 0.185 e. The lowest BCUT2D eigenvalue weighted by atomic mass is 10.2. The van der Waals surface area contributed by atoms with Crippen LogP contribution in [-0.2, 0) is 4.74 Å². The Morgan fingerprint density at radius 2 is 1.95 bits per heavy atom. The maximum absolute atomic E-state index is 10.6. The van der Waals surface area contributed by atoms with Gasteiger partial charge in [0.25, 0.3) is 0 Å². The van der Waals surface area contributed by atoms with Crippen molar-refractivity contribution >= 4 is 6.29 Å². The van der Waals surface area contributed by atoms with E-state index < -0.39 is 0 Å². The van der Waals surface area contributed by atoms with Crippen molar-refractivity contribution < 1.29 is 18.7 Å². The van der Waals surface area contributed by atoms with Crippen LogP contribution >= 0.6 is 0 Å². The molecule has 0 aliphatic carbocycles. The molecule has 0 radical (unpaired) electrons. The first kappa shape index (κ1) is 13.4. The average Bonchev–Trinajstić information content (AvgIpc) is 2.88. The predicted molar refractivity (Wildman–Crippen MR) is 71.5 cm³/mol. The van der Waals surface area contributed by atoms with Crippen LogP contribution in [0.15, 0.2) is 40.8 Å². The number of ether oxygens (including phenoxy) is 2. The van der Waals surface area contributed by atoms with Crippen LogP contribution in [0.3, 0.4) is 0 Å². The van der Waals surface area contributed by atoms with Gasteiger partial charge in [-0.25, -0.2) is 0 Å². The van der Waals surface area contributed by atoms with Crippen LogP contribution in [0.5, 0.6) is 5.75 Å². The summed E-state index contributed by atoms with van der Waals surface area (Å²) in [5.41, 5.74) is 0.903. The van der Waals surface area contributed by atoms with E-state index in [0.717, 1.165) is 11.3 Å². The molecule has 1 heterocycles. The Hall–Kier alpha value is -2.07. The van der Waals surface area contributed by atoms with E-state index in [1.165, 1.54) is 0 Å². The van der Waals surface area contributed by atoms with Gasteiger partial charge in [-0.15, -0.1) is 0 Å². The Morgan fingerprint density at radius 3 is 2.53 bits per heavy atom. The molecule has 0 saturated carbocycles. The van der Waals surface area contributed by atoms with Crippen LogP contribution in [0.2, 0.25) is 0 Å². The second-order valence-electron chi connectivity index (χ2n) is 4.23. The van der Waals surface area contributed by atoms with Crippen molar-refractivity contribution in [2.75, 3.05) is 13.7 Å². The van der Waals surface area contributed by atoms with Gasteiger partial charge in [0.2, 0.25) is 0 Å². The van der Waals surface area contributed by atoms with Gasteiger partial charge in [0.1, 0.15) is 17.6 Å². The normalized spacial score (nSPS) is 12.1. The highest BCUT2D eigenvalue weighted by Gasteiger charge is 2.06. The summed E-state index contributed by atoms with van der Waals surface area (Å²) in [5.74, 6) is 1.76. The topological polar surface area (TPSA) is 48.7 Å². The standard InChI is InChI=1S/C15H16O4/c1-11(10-17-2)18-13-5-3-12(4-6-13)15-8-7-14(9-16)19-15/h3-9,11H,10H2,1-2H3. The zero-order valence-electron chi connectivity index (χ0n) is 11.0. The Labute approximate surface area is 111 Å². The molecule has 4 nitrogen and oxygen atoms in total. The number of benzene rings is 1. The monoisotopic (exact) mass is 260 g/mol. The Bertz CT molecular complexity index is 527. The van der Waals surface area contributed by atoms with Crippen LogP contribution in [0.1, 0.15) is 17.5 Å². The molecule has 19 heavy (non-hydrogen) atoms. The summed E-state index contributed by atoms with van der Waals surface area (Å²) in [6, 6.07) is 10.9. The molecule has 2 rings (SSSR count). The summed E-state index contributed by atoms with van der Waals surface area (Å²) < 4.78 is 16.0. The molecule has 1 unspecified atom stereocenters. The lowest BCUT2D eigenvalue weighted by molar-refractivity contribution is 0.0921. The van der Waals surface area contributed by atoms with Crippen molar-refractivity contribution in [1.29, 1.82) is 0 Å². The number of methoxy groups -OCH3 is 1. The minimum atomic E-state index is 0.00105. The Balaban J connectivity index is 2.07. The molecule has 0 amide bonds. The largest absolute Gasteiger partial charge is 0.488 e. The third kappa shape index (κ3) is 3.45. The molecule has 1 aromatic heterocycles. The van der Waals surface area contributed by atoms with E-state index in [2.05, 4.69) is 0 Å². The van der Waals surface area contributed by atoms with E-state index in [-0.39, 0.29) is 6.10 Å². The minimum Gasteiger partial charge on any atom is -0.488 e. The summed E-state index contributed by atoms with van der Waals surface area (Å²) in [7, 11) is 1.64. The summed E-state index contributed by atoms with van der Waals surface area (Å²) >= 11 is 0. The van der Waals surface area contributed by atoms with Gasteiger partial charge in [0.05, 0.1) is 6.61 Å². The zero-order valence-corrected chi connectivity index (χ0v) is 11.0. The maximum atomic E-state index is 10.6. The second kappa shape index (κ2) is 6.20. The second-order valence-corrected chi connectivity index (χ2v) is 4.23. The third-order valence-electron chi connectivity index (χ3n) is 2.62. The molecular weight excluding hydrogens is 244 g/mol. The van der Waals surface area contributed by atoms with Crippen molar-refractivity contribution in [2.24, 2.45) is 0 Å². The summed E-state index contributed by atoms with van der Waals surface area (Å²) in [5, 5.41) is 0. The van der Waals surface area contributed by atoms with Crippen LogP contribution in [0, 0.1) is 0 Å². The van der Waals surface area contributed by atoms with E-state index in [4.69, 9.17) is 13.9 Å². The van der Waals surface area contributed by atoms with Crippen molar-refractivity contribution in [3.8, 4) is 17.1 Å². The molecule has 2 aromatic rings. The molecule has 0 spiro atoms. The summed E-state index contributed by atoms with van der Waals surface area (Å²) in [6.07, 6.45) is 0.689. The SMILES string of the molecule is COCC(C)Oc1ccc(-c2ccc(C=O)o2)cc1. The Kier molecular flexibility index (Phi) is 4.36. The fraction of sp³-hybridized carbons (Fsp3) is 0.267. The van der Waals surface area contributed by atoms with Gasteiger partial charge in [-0.2, -0.15) is 0 Å². The van der Waals surface area contributed by atoms with Gasteiger partial charge < -0.3 is 13.9 Å². The quantitative estimate of drug-likeness (QED) is 0.748. The zero-order chi connectivity index (χ0) is 13.7. The highest BCUT2D eigenvalue weighted by atomic mass is 16.5.